The molecule has 16 heavy (non-hydrogen) atoms. The number of hydrogen-bond acceptors (Lipinski definition) is 2. The first-order chi connectivity index (χ1) is 7.86. The first kappa shape index (κ1) is 9.85. The second-order valence-electron chi connectivity index (χ2n) is 4.58. The van der Waals surface area contributed by atoms with Crippen molar-refractivity contribution in [2.75, 3.05) is 19.6 Å². The molecular formula is C13H17N3. The summed E-state index contributed by atoms with van der Waals surface area (Å²) in [5.74, 6) is 0. The highest BCUT2D eigenvalue weighted by Gasteiger charge is 2.27. The Morgan fingerprint density at radius 2 is 2.12 bits per heavy atom. The molecule has 0 amide bonds. The molecule has 1 fully saturated rings. The van der Waals surface area contributed by atoms with Crippen LogP contribution in [0.1, 0.15) is 19.4 Å². The van der Waals surface area contributed by atoms with Gasteiger partial charge in [-0.25, -0.2) is 0 Å². The molecular weight excluding hydrogens is 198 g/mol. The quantitative estimate of drug-likeness (QED) is 0.783. The summed E-state index contributed by atoms with van der Waals surface area (Å²) in [4.78, 5) is 2.48. The lowest BCUT2D eigenvalue weighted by atomic mass is 10.1. The Morgan fingerprint density at radius 3 is 2.88 bits per heavy atom. The second-order valence-corrected chi connectivity index (χ2v) is 4.58. The standard InChI is InChI=1S/C13H17N3/c1-2-7-15-9-12(10-15)16-8-11-5-3-4-6-13(11)14-16/h3-6,8,12H,2,7,9-10H2,1H3. The van der Waals surface area contributed by atoms with Crippen LogP contribution < -0.4 is 0 Å². The number of nitrogens with zero attached hydrogens (tertiary/aromatic N) is 3. The van der Waals surface area contributed by atoms with Gasteiger partial charge in [-0.15, -0.1) is 0 Å². The van der Waals surface area contributed by atoms with Crippen molar-refractivity contribution in [1.29, 1.82) is 0 Å². The molecule has 1 aliphatic rings. The average Bonchev–Trinajstić information content (AvgIpc) is 2.65. The minimum absolute atomic E-state index is 0.582. The maximum atomic E-state index is 4.62. The number of rotatable bonds is 3. The van der Waals surface area contributed by atoms with Gasteiger partial charge >= 0.3 is 0 Å². The smallest absolute Gasteiger partial charge is 0.0923 e. The van der Waals surface area contributed by atoms with E-state index in [9.17, 15) is 0 Å². The molecule has 2 aromatic rings. The molecule has 0 N–H and O–H groups in total. The Kier molecular flexibility index (Phi) is 2.40. The second kappa shape index (κ2) is 3.91. The lowest BCUT2D eigenvalue weighted by Crippen LogP contribution is -2.47. The van der Waals surface area contributed by atoms with E-state index < -0.39 is 0 Å². The largest absolute Gasteiger partial charge is 0.299 e. The molecule has 1 aliphatic heterocycles. The number of benzene rings is 1. The van der Waals surface area contributed by atoms with Crippen LogP contribution in [0.2, 0.25) is 0 Å². The van der Waals surface area contributed by atoms with Crippen LogP contribution in [-0.4, -0.2) is 34.3 Å². The maximum Gasteiger partial charge on any atom is 0.0923 e. The molecule has 0 radical (unpaired) electrons. The van der Waals surface area contributed by atoms with Gasteiger partial charge in [-0.05, 0) is 19.0 Å². The van der Waals surface area contributed by atoms with Crippen molar-refractivity contribution >= 4 is 10.9 Å². The Balaban J connectivity index is 1.76. The summed E-state index contributed by atoms with van der Waals surface area (Å²) in [6.45, 7) is 5.76. The Hall–Kier alpha value is -1.35. The molecule has 0 atom stereocenters. The van der Waals surface area contributed by atoms with Gasteiger partial charge in [0.2, 0.25) is 0 Å². The first-order valence-corrected chi connectivity index (χ1v) is 6.03. The highest BCUT2D eigenvalue weighted by molar-refractivity contribution is 5.77. The number of hydrogen-bond donors (Lipinski definition) is 0. The fourth-order valence-corrected chi connectivity index (χ4v) is 2.38. The third-order valence-corrected chi connectivity index (χ3v) is 3.28. The highest BCUT2D eigenvalue weighted by Crippen LogP contribution is 2.22. The zero-order valence-electron chi connectivity index (χ0n) is 9.63. The predicted molar refractivity (Wildman–Crippen MR) is 65.5 cm³/mol. The van der Waals surface area contributed by atoms with E-state index in [-0.39, 0.29) is 0 Å². The fraction of sp³-hybridized carbons (Fsp3) is 0.462. The summed E-state index contributed by atoms with van der Waals surface area (Å²) in [7, 11) is 0. The van der Waals surface area contributed by atoms with Crippen LogP contribution in [0.5, 0.6) is 0 Å². The molecule has 1 aromatic carbocycles. The molecule has 0 saturated carbocycles. The van der Waals surface area contributed by atoms with Crippen molar-refractivity contribution in [3.8, 4) is 0 Å². The normalized spacial score (nSPS) is 17.8. The monoisotopic (exact) mass is 215 g/mol. The zero-order chi connectivity index (χ0) is 11.0. The third kappa shape index (κ3) is 1.61. The third-order valence-electron chi connectivity index (χ3n) is 3.28. The summed E-state index contributed by atoms with van der Waals surface area (Å²) in [6.07, 6.45) is 3.41. The van der Waals surface area contributed by atoms with Crippen LogP contribution in [-0.2, 0) is 0 Å². The van der Waals surface area contributed by atoms with Crippen LogP contribution in [0.3, 0.4) is 0 Å². The average molecular weight is 215 g/mol. The Morgan fingerprint density at radius 1 is 1.31 bits per heavy atom. The molecule has 0 unspecified atom stereocenters. The van der Waals surface area contributed by atoms with Crippen molar-refractivity contribution in [3.05, 3.63) is 30.5 Å². The number of fused-ring (bicyclic) bond motifs is 1. The Labute approximate surface area is 95.7 Å². The van der Waals surface area contributed by atoms with Crippen molar-refractivity contribution < 1.29 is 0 Å². The van der Waals surface area contributed by atoms with Crippen LogP contribution in [0.25, 0.3) is 10.9 Å². The minimum Gasteiger partial charge on any atom is -0.299 e. The van der Waals surface area contributed by atoms with Crippen LogP contribution in [0.15, 0.2) is 30.5 Å². The first-order valence-electron chi connectivity index (χ1n) is 6.03. The molecule has 2 heterocycles. The van der Waals surface area contributed by atoms with Crippen molar-refractivity contribution in [2.45, 2.75) is 19.4 Å². The molecule has 3 nitrogen and oxygen atoms in total. The van der Waals surface area contributed by atoms with E-state index in [1.165, 1.54) is 18.4 Å². The van der Waals surface area contributed by atoms with Gasteiger partial charge in [-0.2, -0.15) is 5.10 Å². The van der Waals surface area contributed by atoms with Crippen molar-refractivity contribution in [3.63, 3.8) is 0 Å². The van der Waals surface area contributed by atoms with E-state index in [4.69, 9.17) is 0 Å². The van der Waals surface area contributed by atoms with E-state index >= 15 is 0 Å². The lowest BCUT2D eigenvalue weighted by molar-refractivity contribution is 0.0994. The summed E-state index contributed by atoms with van der Waals surface area (Å²) >= 11 is 0. The minimum atomic E-state index is 0.582. The topological polar surface area (TPSA) is 21.1 Å². The van der Waals surface area contributed by atoms with Crippen LogP contribution in [0.4, 0.5) is 0 Å². The van der Waals surface area contributed by atoms with Gasteiger partial charge < -0.3 is 0 Å². The van der Waals surface area contributed by atoms with Gasteiger partial charge in [-0.1, -0.05) is 25.1 Å². The maximum absolute atomic E-state index is 4.62. The van der Waals surface area contributed by atoms with Gasteiger partial charge in [0.25, 0.3) is 0 Å². The van der Waals surface area contributed by atoms with E-state index in [0.29, 0.717) is 6.04 Å². The predicted octanol–water partition coefficient (Wildman–Crippen LogP) is 2.30. The molecule has 1 aromatic heterocycles. The molecule has 0 aliphatic carbocycles. The Bertz CT molecular complexity index is 450. The molecule has 84 valence electrons. The van der Waals surface area contributed by atoms with Crippen molar-refractivity contribution in [2.24, 2.45) is 0 Å². The van der Waals surface area contributed by atoms with Gasteiger partial charge in [0.05, 0.1) is 11.6 Å². The lowest BCUT2D eigenvalue weighted by Gasteiger charge is -2.39. The van der Waals surface area contributed by atoms with Crippen LogP contribution >= 0.6 is 0 Å². The molecule has 0 spiro atoms. The molecule has 3 heteroatoms. The molecule has 1 saturated heterocycles. The molecule has 0 bridgehead atoms. The SMILES string of the molecule is CCCN1CC(n2cc3ccccc3n2)C1. The van der Waals surface area contributed by atoms with Gasteiger partial charge in [0.15, 0.2) is 0 Å². The van der Waals surface area contributed by atoms with Gasteiger partial charge in [-0.3, -0.25) is 9.58 Å². The van der Waals surface area contributed by atoms with Crippen LogP contribution in [0, 0.1) is 0 Å². The van der Waals surface area contributed by atoms with E-state index in [1.807, 2.05) is 6.07 Å². The number of likely N-dealkylation sites (tertiary alicyclic amines) is 1. The summed E-state index contributed by atoms with van der Waals surface area (Å²) in [6, 6.07) is 8.90. The number of aromatic nitrogens is 2. The van der Waals surface area contributed by atoms with Crippen molar-refractivity contribution in [1.82, 2.24) is 14.7 Å². The van der Waals surface area contributed by atoms with E-state index in [0.717, 1.165) is 18.6 Å². The van der Waals surface area contributed by atoms with Gasteiger partial charge in [0, 0.05) is 24.7 Å². The summed E-state index contributed by atoms with van der Waals surface area (Å²) in [5.41, 5.74) is 1.11. The fourth-order valence-electron chi connectivity index (χ4n) is 2.38. The summed E-state index contributed by atoms with van der Waals surface area (Å²) < 4.78 is 2.14. The zero-order valence-corrected chi connectivity index (χ0v) is 9.63. The molecule has 3 rings (SSSR count). The summed E-state index contributed by atoms with van der Waals surface area (Å²) in [5, 5.41) is 5.87. The van der Waals surface area contributed by atoms with Gasteiger partial charge in [0.1, 0.15) is 0 Å². The van der Waals surface area contributed by atoms with E-state index in [1.54, 1.807) is 0 Å². The van der Waals surface area contributed by atoms with E-state index in [2.05, 4.69) is 46.0 Å². The highest BCUT2D eigenvalue weighted by atomic mass is 15.4.